The Bertz CT molecular complexity index is 911. The van der Waals surface area contributed by atoms with E-state index in [-0.39, 0.29) is 5.75 Å². The van der Waals surface area contributed by atoms with Crippen molar-refractivity contribution in [1.29, 1.82) is 0 Å². The molecular formula is C20H19F3N2O5. The van der Waals surface area contributed by atoms with Gasteiger partial charge in [-0.05, 0) is 36.5 Å². The van der Waals surface area contributed by atoms with Crippen molar-refractivity contribution in [3.05, 3.63) is 60.3 Å². The van der Waals surface area contributed by atoms with Gasteiger partial charge in [-0.15, -0.1) is 0 Å². The number of hydrogen-bond acceptors (Lipinski definition) is 6. The second kappa shape index (κ2) is 7.92. The number of carbonyl (C=O) groups is 1. The molecule has 1 fully saturated rings. The summed E-state index contributed by atoms with van der Waals surface area (Å²) >= 11 is 0. The first-order valence-electron chi connectivity index (χ1n) is 9.33. The smallest absolute Gasteiger partial charge is 0.471 e. The van der Waals surface area contributed by atoms with E-state index in [9.17, 15) is 18.0 Å². The van der Waals surface area contributed by atoms with Gasteiger partial charge in [-0.25, -0.2) is 4.79 Å². The van der Waals surface area contributed by atoms with Gasteiger partial charge in [0, 0.05) is 6.20 Å². The maximum Gasteiger partial charge on any atom is 0.471 e. The van der Waals surface area contributed by atoms with Crippen molar-refractivity contribution < 1.29 is 36.9 Å². The van der Waals surface area contributed by atoms with E-state index in [1.165, 1.54) is 18.3 Å². The van der Waals surface area contributed by atoms with Crippen molar-refractivity contribution >= 4 is 5.97 Å². The maximum atomic E-state index is 13.2. The number of alkyl halides is 3. The molecule has 2 aliphatic rings. The lowest BCUT2D eigenvalue weighted by Crippen LogP contribution is -2.51. The highest BCUT2D eigenvalue weighted by Gasteiger charge is 2.62. The third kappa shape index (κ3) is 4.52. The first-order valence-corrected chi connectivity index (χ1v) is 9.33. The van der Waals surface area contributed by atoms with Crippen LogP contribution in [-0.4, -0.2) is 40.9 Å². The fourth-order valence-corrected chi connectivity index (χ4v) is 2.76. The number of benzene rings is 1. The summed E-state index contributed by atoms with van der Waals surface area (Å²) in [6.07, 6.45) is 2.14. The molecule has 0 unspecified atom stereocenters. The Kier molecular flexibility index (Phi) is 5.31. The minimum Gasteiger partial charge on any atom is -0.485 e. The van der Waals surface area contributed by atoms with Crippen LogP contribution in [0.25, 0.3) is 0 Å². The van der Waals surface area contributed by atoms with E-state index in [1.807, 2.05) is 0 Å². The lowest BCUT2D eigenvalue weighted by atomic mass is 10.2. The number of esters is 1. The van der Waals surface area contributed by atoms with Gasteiger partial charge >= 0.3 is 17.9 Å². The lowest BCUT2D eigenvalue weighted by molar-refractivity contribution is -0.343. The molecule has 1 aliphatic heterocycles. The van der Waals surface area contributed by atoms with Gasteiger partial charge in [0.05, 0.1) is 24.9 Å². The Morgan fingerprint density at radius 1 is 1.20 bits per heavy atom. The molecule has 0 spiro atoms. The number of carbonyl (C=O) groups excluding carboxylic acids is 1. The molecule has 1 saturated carbocycles. The van der Waals surface area contributed by atoms with Crippen LogP contribution in [0.4, 0.5) is 13.2 Å². The van der Waals surface area contributed by atoms with Crippen molar-refractivity contribution in [2.24, 2.45) is 5.92 Å². The normalized spacial score (nSPS) is 17.3. The van der Waals surface area contributed by atoms with Crippen molar-refractivity contribution in [3.8, 4) is 5.75 Å². The average Bonchev–Trinajstić information content (AvgIpc) is 3.20. The molecule has 160 valence electrons. The standard InChI is InChI=1S/C20H19F3N2O5/c21-20(22,23)19(29-7-8-30-19)13-28-17-5-3-14(4-6-17)10-25-11-16(9-24-25)18(26)27-12-15-1-2-15/h3-9,11,15H,1-2,10,12-13H2. The predicted molar refractivity (Wildman–Crippen MR) is 96.4 cm³/mol. The van der Waals surface area contributed by atoms with Crippen LogP contribution in [0, 0.1) is 5.92 Å². The number of nitrogens with zero attached hydrogens (tertiary/aromatic N) is 2. The Morgan fingerprint density at radius 3 is 2.53 bits per heavy atom. The predicted octanol–water partition coefficient (Wildman–Crippen LogP) is 3.65. The molecular weight excluding hydrogens is 405 g/mol. The zero-order chi connectivity index (χ0) is 21.2. The molecule has 2 aromatic rings. The van der Waals surface area contributed by atoms with E-state index in [0.29, 0.717) is 24.6 Å². The van der Waals surface area contributed by atoms with Gasteiger partial charge in [0.1, 0.15) is 18.3 Å². The molecule has 30 heavy (non-hydrogen) atoms. The number of halogens is 3. The second-order valence-corrected chi connectivity index (χ2v) is 7.16. The quantitative estimate of drug-likeness (QED) is 0.603. The van der Waals surface area contributed by atoms with Crippen molar-refractivity contribution in [3.63, 3.8) is 0 Å². The number of rotatable bonds is 8. The molecule has 1 aromatic heterocycles. The van der Waals surface area contributed by atoms with Crippen LogP contribution in [0.5, 0.6) is 5.75 Å². The maximum absolute atomic E-state index is 13.2. The third-order valence-corrected chi connectivity index (χ3v) is 4.72. The van der Waals surface area contributed by atoms with E-state index in [2.05, 4.69) is 14.6 Å². The minimum absolute atomic E-state index is 0.228. The topological polar surface area (TPSA) is 71.8 Å². The zero-order valence-corrected chi connectivity index (χ0v) is 15.8. The summed E-state index contributed by atoms with van der Waals surface area (Å²) in [4.78, 5) is 12.0. The molecule has 0 atom stereocenters. The molecule has 0 bridgehead atoms. The molecule has 0 N–H and O–H groups in total. The highest BCUT2D eigenvalue weighted by atomic mass is 19.4. The molecule has 1 aliphatic carbocycles. The summed E-state index contributed by atoms with van der Waals surface area (Å²) in [5, 5.41) is 4.14. The Hall–Kier alpha value is -3.17. The monoisotopic (exact) mass is 424 g/mol. The third-order valence-electron chi connectivity index (χ3n) is 4.72. The van der Waals surface area contributed by atoms with Crippen LogP contribution in [-0.2, 0) is 20.8 Å². The van der Waals surface area contributed by atoms with Crippen LogP contribution in [0.1, 0.15) is 28.8 Å². The first kappa shape index (κ1) is 20.1. The Morgan fingerprint density at radius 2 is 1.90 bits per heavy atom. The van der Waals surface area contributed by atoms with Crippen LogP contribution in [0.2, 0.25) is 0 Å². The van der Waals surface area contributed by atoms with E-state index in [1.54, 1.807) is 23.0 Å². The van der Waals surface area contributed by atoms with Gasteiger partial charge in [-0.1, -0.05) is 12.1 Å². The van der Waals surface area contributed by atoms with Gasteiger partial charge in [-0.2, -0.15) is 18.3 Å². The Labute approximate surface area is 170 Å². The molecule has 0 radical (unpaired) electrons. The van der Waals surface area contributed by atoms with Gasteiger partial charge in [0.25, 0.3) is 0 Å². The van der Waals surface area contributed by atoms with Gasteiger partial charge in [-0.3, -0.25) is 4.68 Å². The molecule has 0 saturated heterocycles. The second-order valence-electron chi connectivity index (χ2n) is 7.16. The summed E-state index contributed by atoms with van der Waals surface area (Å²) < 4.78 is 60.7. The SMILES string of the molecule is O=C(OCC1CC1)c1cnn(Cc2ccc(OCC3(C(F)(F)F)OC=CO3)cc2)c1. The van der Waals surface area contributed by atoms with Crippen molar-refractivity contribution in [2.45, 2.75) is 31.3 Å². The fraction of sp³-hybridized carbons (Fsp3) is 0.400. The highest BCUT2D eigenvalue weighted by molar-refractivity contribution is 5.88. The summed E-state index contributed by atoms with van der Waals surface area (Å²) in [6.45, 7) is -0.0413. The summed E-state index contributed by atoms with van der Waals surface area (Å²) in [5.41, 5.74) is 1.20. The fourth-order valence-electron chi connectivity index (χ4n) is 2.76. The van der Waals surface area contributed by atoms with Crippen LogP contribution >= 0.6 is 0 Å². The summed E-state index contributed by atoms with van der Waals surface area (Å²) in [6, 6.07) is 6.46. The molecule has 7 nitrogen and oxygen atoms in total. The van der Waals surface area contributed by atoms with E-state index in [0.717, 1.165) is 30.9 Å². The Balaban J connectivity index is 1.31. The lowest BCUT2D eigenvalue weighted by Gasteiger charge is -2.29. The van der Waals surface area contributed by atoms with Crippen LogP contribution < -0.4 is 4.74 Å². The molecule has 1 aromatic carbocycles. The van der Waals surface area contributed by atoms with Crippen LogP contribution in [0.15, 0.2) is 49.2 Å². The molecule has 2 heterocycles. The van der Waals surface area contributed by atoms with Gasteiger partial charge in [0.15, 0.2) is 6.61 Å². The number of hydrogen-bond donors (Lipinski definition) is 0. The molecule has 0 amide bonds. The highest BCUT2D eigenvalue weighted by Crippen LogP contribution is 2.38. The van der Waals surface area contributed by atoms with Gasteiger partial charge < -0.3 is 18.9 Å². The summed E-state index contributed by atoms with van der Waals surface area (Å²) in [7, 11) is 0. The van der Waals surface area contributed by atoms with E-state index < -0.39 is 24.5 Å². The van der Waals surface area contributed by atoms with Crippen molar-refractivity contribution in [2.75, 3.05) is 13.2 Å². The number of ether oxygens (including phenoxy) is 4. The van der Waals surface area contributed by atoms with Gasteiger partial charge in [0.2, 0.25) is 0 Å². The minimum atomic E-state index is -4.76. The van der Waals surface area contributed by atoms with Crippen molar-refractivity contribution in [1.82, 2.24) is 9.78 Å². The summed E-state index contributed by atoms with van der Waals surface area (Å²) in [5.74, 6) is -2.53. The average molecular weight is 424 g/mol. The molecule has 10 heteroatoms. The van der Waals surface area contributed by atoms with Crippen LogP contribution in [0.3, 0.4) is 0 Å². The largest absolute Gasteiger partial charge is 0.485 e. The number of aromatic nitrogens is 2. The van der Waals surface area contributed by atoms with E-state index >= 15 is 0 Å². The van der Waals surface area contributed by atoms with E-state index in [4.69, 9.17) is 9.47 Å². The zero-order valence-electron chi connectivity index (χ0n) is 15.8. The first-order chi connectivity index (χ1) is 14.3. The molecule has 4 rings (SSSR count).